The molecule has 0 bridgehead atoms. The Bertz CT molecular complexity index is 112. The van der Waals surface area contributed by atoms with E-state index in [1.807, 2.05) is 0 Å². The molecule has 0 atom stereocenters. The summed E-state index contributed by atoms with van der Waals surface area (Å²) in [7, 11) is 0. The van der Waals surface area contributed by atoms with Gasteiger partial charge in [0.25, 0.3) is 5.02 Å². The molecule has 0 aromatic rings. The van der Waals surface area contributed by atoms with Gasteiger partial charge in [0.1, 0.15) is 0 Å². The summed E-state index contributed by atoms with van der Waals surface area (Å²) >= 11 is 10.0. The first-order valence-corrected chi connectivity index (χ1v) is 2.80. The Morgan fingerprint density at radius 1 is 1.67 bits per heavy atom. The molecule has 0 unspecified atom stereocenters. The van der Waals surface area contributed by atoms with Gasteiger partial charge in [-0.05, 0) is 0 Å². The molecule has 3 nitrogen and oxygen atoms in total. The van der Waals surface area contributed by atoms with Crippen LogP contribution in [0.5, 0.6) is 0 Å². The van der Waals surface area contributed by atoms with Crippen molar-refractivity contribution >= 4 is 29.4 Å². The second-order valence-corrected chi connectivity index (χ2v) is 1.93. The van der Waals surface area contributed by atoms with Gasteiger partial charge in [-0.25, -0.2) is 4.79 Å². The number of alkyl halides is 2. The Balaban J connectivity index is 3.38. The van der Waals surface area contributed by atoms with Crippen molar-refractivity contribution in [2.75, 3.05) is 0 Å². The molecule has 52 valence electrons. The molecule has 0 amide bonds. The van der Waals surface area contributed by atoms with Gasteiger partial charge in [0.2, 0.25) is 0 Å². The molecule has 0 heterocycles. The maximum Gasteiger partial charge on any atom is 0.515 e. The first-order chi connectivity index (χ1) is 4.16. The van der Waals surface area contributed by atoms with Crippen LogP contribution in [0.25, 0.3) is 0 Å². The average molecular weight is 171 g/mol. The van der Waals surface area contributed by atoms with Gasteiger partial charge in [0.05, 0.1) is 6.26 Å². The minimum absolute atomic E-state index is 0.915. The molecular formula is C4H4Cl2O3. The Hall–Kier alpha value is -0.410. The Morgan fingerprint density at radius 3 is 2.56 bits per heavy atom. The van der Waals surface area contributed by atoms with Crippen molar-refractivity contribution < 1.29 is 14.3 Å². The molecule has 0 rings (SSSR count). The quantitative estimate of drug-likeness (QED) is 0.362. The van der Waals surface area contributed by atoms with Crippen LogP contribution in [0.3, 0.4) is 0 Å². The van der Waals surface area contributed by atoms with E-state index in [-0.39, 0.29) is 0 Å². The molecule has 0 spiro atoms. The van der Waals surface area contributed by atoms with E-state index in [0.29, 0.717) is 0 Å². The number of ether oxygens (including phenoxy) is 2. The average Bonchev–Trinajstić information content (AvgIpc) is 1.63. The third kappa shape index (κ3) is 5.46. The van der Waals surface area contributed by atoms with Crippen LogP contribution in [0.15, 0.2) is 12.8 Å². The number of hydrogen-bond donors (Lipinski definition) is 0. The van der Waals surface area contributed by atoms with Gasteiger partial charge in [-0.2, -0.15) is 0 Å². The van der Waals surface area contributed by atoms with Gasteiger partial charge in [-0.15, -0.1) is 0 Å². The van der Waals surface area contributed by atoms with E-state index in [0.717, 1.165) is 6.26 Å². The summed E-state index contributed by atoms with van der Waals surface area (Å²) in [5, 5.41) is -1.20. The molecule has 0 aliphatic rings. The van der Waals surface area contributed by atoms with Crippen LogP contribution in [0.2, 0.25) is 0 Å². The second-order valence-electron chi connectivity index (χ2n) is 0.913. The van der Waals surface area contributed by atoms with E-state index in [4.69, 9.17) is 23.2 Å². The topological polar surface area (TPSA) is 35.5 Å². The summed E-state index contributed by atoms with van der Waals surface area (Å²) < 4.78 is 8.18. The fourth-order valence-electron chi connectivity index (χ4n) is 0.169. The SMILES string of the molecule is C=COC(=O)OC(Cl)Cl. The highest BCUT2D eigenvalue weighted by Crippen LogP contribution is 2.04. The van der Waals surface area contributed by atoms with Crippen molar-refractivity contribution in [2.24, 2.45) is 0 Å². The lowest BCUT2D eigenvalue weighted by atomic mass is 11.1. The summed E-state index contributed by atoms with van der Waals surface area (Å²) in [4.78, 5) is 10.2. The molecule has 0 saturated carbocycles. The molecule has 0 aliphatic carbocycles. The van der Waals surface area contributed by atoms with Crippen molar-refractivity contribution in [3.05, 3.63) is 12.8 Å². The number of carbonyl (C=O) groups excluding carboxylic acids is 1. The second kappa shape index (κ2) is 4.47. The minimum atomic E-state index is -1.20. The number of rotatable bonds is 2. The first-order valence-electron chi connectivity index (χ1n) is 1.93. The molecule has 0 aromatic carbocycles. The van der Waals surface area contributed by atoms with Gasteiger partial charge in [0.15, 0.2) is 0 Å². The zero-order valence-corrected chi connectivity index (χ0v) is 5.85. The minimum Gasteiger partial charge on any atom is -0.404 e. The third-order valence-corrected chi connectivity index (χ3v) is 0.543. The highest BCUT2D eigenvalue weighted by Gasteiger charge is 2.06. The predicted molar refractivity (Wildman–Crippen MR) is 33.3 cm³/mol. The van der Waals surface area contributed by atoms with E-state index in [2.05, 4.69) is 16.1 Å². The number of carbonyl (C=O) groups is 1. The molecule has 0 aromatic heterocycles. The third-order valence-electron chi connectivity index (χ3n) is 0.365. The number of halogens is 2. The van der Waals surface area contributed by atoms with Crippen molar-refractivity contribution in [2.45, 2.75) is 5.02 Å². The summed E-state index contributed by atoms with van der Waals surface area (Å²) in [5.74, 6) is 0. The van der Waals surface area contributed by atoms with Crippen LogP contribution < -0.4 is 0 Å². The van der Waals surface area contributed by atoms with Crippen molar-refractivity contribution in [1.29, 1.82) is 0 Å². The highest BCUT2D eigenvalue weighted by atomic mass is 35.5. The van der Waals surface area contributed by atoms with Crippen LogP contribution in [0, 0.1) is 0 Å². The van der Waals surface area contributed by atoms with E-state index in [1.54, 1.807) is 0 Å². The molecule has 0 N–H and O–H groups in total. The molecule has 9 heavy (non-hydrogen) atoms. The van der Waals surface area contributed by atoms with Crippen LogP contribution in [-0.2, 0) is 9.47 Å². The normalized spacial score (nSPS) is 8.78. The van der Waals surface area contributed by atoms with Gasteiger partial charge >= 0.3 is 6.16 Å². The lowest BCUT2D eigenvalue weighted by Crippen LogP contribution is -2.06. The Labute approximate surface area is 62.1 Å². The van der Waals surface area contributed by atoms with E-state index in [1.165, 1.54) is 0 Å². The Kier molecular flexibility index (Phi) is 4.26. The summed E-state index contributed by atoms with van der Waals surface area (Å²) in [5.41, 5.74) is 0. The summed E-state index contributed by atoms with van der Waals surface area (Å²) in [6.45, 7) is 3.10. The Morgan fingerprint density at radius 2 is 2.22 bits per heavy atom. The van der Waals surface area contributed by atoms with Crippen LogP contribution in [-0.4, -0.2) is 11.2 Å². The largest absolute Gasteiger partial charge is 0.515 e. The predicted octanol–water partition coefficient (Wildman–Crippen LogP) is 2.04. The first kappa shape index (κ1) is 8.59. The fraction of sp³-hybridized carbons (Fsp3) is 0.250. The van der Waals surface area contributed by atoms with Gasteiger partial charge in [-0.1, -0.05) is 29.8 Å². The van der Waals surface area contributed by atoms with Crippen LogP contribution in [0.1, 0.15) is 0 Å². The fourth-order valence-corrected chi connectivity index (χ4v) is 0.314. The van der Waals surface area contributed by atoms with E-state index < -0.39 is 11.2 Å². The maximum atomic E-state index is 10.2. The van der Waals surface area contributed by atoms with Crippen molar-refractivity contribution in [3.8, 4) is 0 Å². The smallest absolute Gasteiger partial charge is 0.404 e. The lowest BCUT2D eigenvalue weighted by Gasteiger charge is -2.00. The highest BCUT2D eigenvalue weighted by molar-refractivity contribution is 6.43. The van der Waals surface area contributed by atoms with Crippen molar-refractivity contribution in [3.63, 3.8) is 0 Å². The zero-order valence-electron chi connectivity index (χ0n) is 4.34. The van der Waals surface area contributed by atoms with E-state index in [9.17, 15) is 4.79 Å². The maximum absolute atomic E-state index is 10.2. The van der Waals surface area contributed by atoms with E-state index >= 15 is 0 Å². The monoisotopic (exact) mass is 170 g/mol. The van der Waals surface area contributed by atoms with Gasteiger partial charge in [-0.3, -0.25) is 0 Å². The molecule has 0 fully saturated rings. The summed E-state index contributed by atoms with van der Waals surface area (Å²) in [6, 6.07) is 0. The van der Waals surface area contributed by atoms with Gasteiger partial charge < -0.3 is 9.47 Å². The molecule has 0 aliphatic heterocycles. The molecule has 5 heteroatoms. The standard InChI is InChI=1S/C4H4Cl2O3/c1-2-8-4(7)9-3(5)6/h2-3H,1H2. The number of hydrogen-bond acceptors (Lipinski definition) is 3. The lowest BCUT2D eigenvalue weighted by molar-refractivity contribution is 0.0918. The molecule has 0 radical (unpaired) electrons. The van der Waals surface area contributed by atoms with Gasteiger partial charge in [0, 0.05) is 0 Å². The van der Waals surface area contributed by atoms with Crippen LogP contribution >= 0.6 is 23.2 Å². The molecule has 0 saturated heterocycles. The molecular weight excluding hydrogens is 167 g/mol. The summed E-state index contributed by atoms with van der Waals surface area (Å²) in [6.07, 6.45) is -0.0571. The van der Waals surface area contributed by atoms with Crippen molar-refractivity contribution in [1.82, 2.24) is 0 Å². The zero-order chi connectivity index (χ0) is 7.28. The van der Waals surface area contributed by atoms with Crippen LogP contribution in [0.4, 0.5) is 4.79 Å².